The van der Waals surface area contributed by atoms with Gasteiger partial charge >= 0.3 is 0 Å². The molecule has 5 rings (SSSR count). The molecule has 2 fully saturated rings. The fourth-order valence-corrected chi connectivity index (χ4v) is 6.12. The number of benzene rings is 1. The van der Waals surface area contributed by atoms with Gasteiger partial charge in [0, 0.05) is 33.6 Å². The molecule has 1 aromatic carbocycles. The van der Waals surface area contributed by atoms with Crippen molar-refractivity contribution in [1.82, 2.24) is 15.0 Å². The lowest BCUT2D eigenvalue weighted by Gasteiger charge is -2.26. The summed E-state index contributed by atoms with van der Waals surface area (Å²) < 4.78 is 1.17. The van der Waals surface area contributed by atoms with E-state index < -0.39 is 0 Å². The first-order chi connectivity index (χ1) is 17.1. The quantitative estimate of drug-likeness (QED) is 0.233. The molecule has 184 valence electrons. The van der Waals surface area contributed by atoms with Crippen molar-refractivity contribution < 1.29 is 9.59 Å². The van der Waals surface area contributed by atoms with Crippen LogP contribution in [0.4, 0.5) is 11.5 Å². The Hall–Kier alpha value is -2.49. The number of nitrogens with one attached hydrogen (secondary N) is 3. The number of amides is 2. The highest BCUT2D eigenvalue weighted by atomic mass is 127. The van der Waals surface area contributed by atoms with Crippen molar-refractivity contribution in [3.8, 4) is 11.4 Å². The third kappa shape index (κ3) is 5.85. The maximum Gasteiger partial charge on any atom is 0.228 e. The predicted molar refractivity (Wildman–Crippen MR) is 147 cm³/mol. The standard InChI is InChI=1S/C27H32IN5O2/c28-15-17-6-8-20(9-7-17)27(35)33-24-14-22-23(16-29-24)32-25(31-22)18-10-12-21(13-11-18)30-26(34)19-4-2-1-3-5-19/h10-14,16-17,19-20H,1-9,15H2,(H,30,34)(H,31,32)(H,29,33,35). The van der Waals surface area contributed by atoms with Crippen molar-refractivity contribution in [1.29, 1.82) is 0 Å². The summed E-state index contributed by atoms with van der Waals surface area (Å²) in [5.74, 6) is 2.40. The summed E-state index contributed by atoms with van der Waals surface area (Å²) in [7, 11) is 0. The molecule has 0 bridgehead atoms. The van der Waals surface area contributed by atoms with Gasteiger partial charge in [-0.15, -0.1) is 0 Å². The normalized spacial score (nSPS) is 21.1. The fourth-order valence-electron chi connectivity index (χ4n) is 5.24. The van der Waals surface area contributed by atoms with E-state index in [2.05, 4.69) is 43.2 Å². The van der Waals surface area contributed by atoms with E-state index in [4.69, 9.17) is 4.98 Å². The van der Waals surface area contributed by atoms with E-state index in [0.29, 0.717) is 5.82 Å². The van der Waals surface area contributed by atoms with Crippen LogP contribution in [0.25, 0.3) is 22.4 Å². The summed E-state index contributed by atoms with van der Waals surface area (Å²) in [4.78, 5) is 37.7. The summed E-state index contributed by atoms with van der Waals surface area (Å²) in [5, 5.41) is 6.05. The van der Waals surface area contributed by atoms with Crippen LogP contribution in [0, 0.1) is 17.8 Å². The van der Waals surface area contributed by atoms with Gasteiger partial charge < -0.3 is 15.6 Å². The molecule has 0 atom stereocenters. The van der Waals surface area contributed by atoms with Crippen LogP contribution < -0.4 is 10.6 Å². The van der Waals surface area contributed by atoms with E-state index in [1.807, 2.05) is 30.3 Å². The number of aromatic nitrogens is 3. The molecule has 3 N–H and O–H groups in total. The number of hydrogen-bond donors (Lipinski definition) is 3. The van der Waals surface area contributed by atoms with E-state index in [1.165, 1.54) is 10.8 Å². The molecule has 0 aliphatic heterocycles. The number of H-pyrrole nitrogens is 1. The third-order valence-electron chi connectivity index (χ3n) is 7.46. The first kappa shape index (κ1) is 24.2. The van der Waals surface area contributed by atoms with Gasteiger partial charge in [0.25, 0.3) is 0 Å². The fraction of sp³-hybridized carbons (Fsp3) is 0.481. The summed E-state index contributed by atoms with van der Waals surface area (Å²) in [6.07, 6.45) is 11.4. The van der Waals surface area contributed by atoms with Crippen molar-refractivity contribution in [2.45, 2.75) is 57.8 Å². The monoisotopic (exact) mass is 585 g/mol. The van der Waals surface area contributed by atoms with Gasteiger partial charge in [0.05, 0.1) is 17.2 Å². The predicted octanol–water partition coefficient (Wildman–Crippen LogP) is 6.32. The first-order valence-corrected chi connectivity index (χ1v) is 14.3. The number of nitrogens with zero attached hydrogens (tertiary/aromatic N) is 2. The van der Waals surface area contributed by atoms with E-state index in [0.717, 1.165) is 85.4 Å². The van der Waals surface area contributed by atoms with Crippen molar-refractivity contribution in [2.75, 3.05) is 15.1 Å². The van der Waals surface area contributed by atoms with Crippen molar-refractivity contribution in [3.63, 3.8) is 0 Å². The minimum atomic E-state index is 0.0605. The number of halogens is 1. The highest BCUT2D eigenvalue weighted by Crippen LogP contribution is 2.31. The number of carbonyl (C=O) groups excluding carboxylic acids is 2. The molecule has 7 nitrogen and oxygen atoms in total. The Morgan fingerprint density at radius 1 is 0.914 bits per heavy atom. The summed E-state index contributed by atoms with van der Waals surface area (Å²) in [6.45, 7) is 0. The molecule has 2 heterocycles. The average Bonchev–Trinajstić information content (AvgIpc) is 3.33. The van der Waals surface area contributed by atoms with Gasteiger partial charge in [-0.05, 0) is 68.7 Å². The Bertz CT molecular complexity index is 1180. The summed E-state index contributed by atoms with van der Waals surface area (Å²) in [6, 6.07) is 9.56. The molecule has 0 spiro atoms. The first-order valence-electron chi connectivity index (χ1n) is 12.7. The second-order valence-electron chi connectivity index (χ2n) is 9.93. The molecular formula is C27H32IN5O2. The van der Waals surface area contributed by atoms with E-state index >= 15 is 0 Å². The lowest BCUT2D eigenvalue weighted by Crippen LogP contribution is -2.27. The molecule has 2 aliphatic rings. The van der Waals surface area contributed by atoms with Crippen LogP contribution in [0.5, 0.6) is 0 Å². The zero-order valence-corrected chi connectivity index (χ0v) is 22.0. The Balaban J connectivity index is 1.22. The van der Waals surface area contributed by atoms with Gasteiger partial charge in [0.1, 0.15) is 11.6 Å². The zero-order valence-electron chi connectivity index (χ0n) is 19.9. The van der Waals surface area contributed by atoms with Crippen molar-refractivity contribution in [3.05, 3.63) is 36.5 Å². The SMILES string of the molecule is O=C(Nc1ccc(-c2nc3cc(NC(=O)C4CCC(CI)CC4)ncc3[nH]2)cc1)C1CCCCC1. The lowest BCUT2D eigenvalue weighted by atomic mass is 9.82. The molecule has 2 aliphatic carbocycles. The minimum Gasteiger partial charge on any atom is -0.337 e. The van der Waals surface area contributed by atoms with E-state index in [9.17, 15) is 9.59 Å². The smallest absolute Gasteiger partial charge is 0.228 e. The highest BCUT2D eigenvalue weighted by molar-refractivity contribution is 14.1. The Kier molecular flexibility index (Phi) is 7.65. The van der Waals surface area contributed by atoms with Crippen molar-refractivity contribution in [2.24, 2.45) is 17.8 Å². The molecule has 3 aromatic rings. The molecule has 0 radical (unpaired) electrons. The summed E-state index contributed by atoms with van der Waals surface area (Å²) >= 11 is 2.44. The van der Waals surface area contributed by atoms with Crippen LogP contribution in [0.1, 0.15) is 57.8 Å². The lowest BCUT2D eigenvalue weighted by molar-refractivity contribution is -0.121. The molecule has 2 saturated carbocycles. The molecular weight excluding hydrogens is 553 g/mol. The van der Waals surface area contributed by atoms with Gasteiger partial charge in [-0.2, -0.15) is 0 Å². The largest absolute Gasteiger partial charge is 0.337 e. The van der Waals surface area contributed by atoms with Crippen LogP contribution in [-0.4, -0.2) is 31.2 Å². The van der Waals surface area contributed by atoms with Gasteiger partial charge in [0.2, 0.25) is 11.8 Å². The van der Waals surface area contributed by atoms with Gasteiger partial charge in [-0.3, -0.25) is 9.59 Å². The zero-order chi connectivity index (χ0) is 24.2. The molecule has 2 amide bonds. The van der Waals surface area contributed by atoms with E-state index in [1.54, 1.807) is 6.20 Å². The highest BCUT2D eigenvalue weighted by Gasteiger charge is 2.26. The Labute approximate surface area is 219 Å². The second-order valence-corrected chi connectivity index (χ2v) is 10.8. The van der Waals surface area contributed by atoms with Gasteiger partial charge in [0.15, 0.2) is 0 Å². The Morgan fingerprint density at radius 2 is 1.60 bits per heavy atom. The second kappa shape index (κ2) is 11.1. The Morgan fingerprint density at radius 3 is 2.31 bits per heavy atom. The number of carbonyl (C=O) groups is 2. The number of anilines is 2. The number of imidazole rings is 1. The van der Waals surface area contributed by atoms with Gasteiger partial charge in [-0.1, -0.05) is 41.9 Å². The molecule has 2 aromatic heterocycles. The average molecular weight is 585 g/mol. The van der Waals surface area contributed by atoms with Crippen LogP contribution in [0.15, 0.2) is 36.5 Å². The topological polar surface area (TPSA) is 99.8 Å². The summed E-state index contributed by atoms with van der Waals surface area (Å²) in [5.41, 5.74) is 3.30. The number of fused-ring (bicyclic) bond motifs is 1. The maximum atomic E-state index is 12.7. The minimum absolute atomic E-state index is 0.0605. The third-order valence-corrected chi connectivity index (χ3v) is 8.70. The number of pyridine rings is 1. The van der Waals surface area contributed by atoms with Gasteiger partial charge in [-0.25, -0.2) is 9.97 Å². The molecule has 0 saturated heterocycles. The number of alkyl halides is 1. The number of rotatable bonds is 6. The van der Waals surface area contributed by atoms with Crippen LogP contribution in [-0.2, 0) is 9.59 Å². The van der Waals surface area contributed by atoms with Crippen LogP contribution >= 0.6 is 22.6 Å². The molecule has 35 heavy (non-hydrogen) atoms. The molecule has 0 unspecified atom stereocenters. The maximum absolute atomic E-state index is 12.7. The van der Waals surface area contributed by atoms with Crippen molar-refractivity contribution >= 4 is 56.9 Å². The van der Waals surface area contributed by atoms with E-state index in [-0.39, 0.29) is 23.7 Å². The number of aromatic amines is 1. The number of hydrogen-bond acceptors (Lipinski definition) is 4. The van der Waals surface area contributed by atoms with Crippen LogP contribution in [0.2, 0.25) is 0 Å². The van der Waals surface area contributed by atoms with Crippen LogP contribution in [0.3, 0.4) is 0 Å². The molecule has 8 heteroatoms.